The summed E-state index contributed by atoms with van der Waals surface area (Å²) in [6, 6.07) is 0. The zero-order valence-electron chi connectivity index (χ0n) is 7.89. The van der Waals surface area contributed by atoms with Gasteiger partial charge in [0.15, 0.2) is 0 Å². The van der Waals surface area contributed by atoms with Crippen LogP contribution in [-0.2, 0) is 9.53 Å². The lowest BCUT2D eigenvalue weighted by Gasteiger charge is -2.12. The second-order valence-corrected chi connectivity index (χ2v) is 3.68. The molecule has 11 heavy (non-hydrogen) atoms. The minimum absolute atomic E-state index is 0.0400. The number of carbonyl (C=O) groups excluding carboxylic acids is 1. The predicted octanol–water partition coefficient (Wildman–Crippen LogP) is 2.15. The minimum atomic E-state index is -0.250. The summed E-state index contributed by atoms with van der Waals surface area (Å²) in [5.41, 5.74) is 0.707. The Hall–Kier alpha value is -0.790. The Bertz CT molecular complexity index is 172. The van der Waals surface area contributed by atoms with E-state index in [-0.39, 0.29) is 11.4 Å². The van der Waals surface area contributed by atoms with Crippen molar-refractivity contribution in [1.29, 1.82) is 0 Å². The molecule has 0 rings (SSSR count). The van der Waals surface area contributed by atoms with Crippen LogP contribution < -0.4 is 0 Å². The molecule has 0 saturated carbocycles. The average molecular weight is 156 g/mol. The maximum Gasteiger partial charge on any atom is 0.333 e. The number of hydrogen-bond donors (Lipinski definition) is 0. The third kappa shape index (κ3) is 4.59. The second kappa shape index (κ2) is 3.56. The molecule has 2 nitrogen and oxygen atoms in total. The SMILES string of the molecule is COC(=O)C(C)=CC(C)(C)C. The molecule has 0 amide bonds. The summed E-state index contributed by atoms with van der Waals surface area (Å²) >= 11 is 0. The molecule has 0 spiro atoms. The first-order valence-corrected chi connectivity index (χ1v) is 3.64. The number of hydrogen-bond acceptors (Lipinski definition) is 2. The Labute approximate surface area is 68.2 Å². The first-order valence-electron chi connectivity index (χ1n) is 3.64. The molecule has 0 fully saturated rings. The first-order chi connectivity index (χ1) is 4.87. The maximum absolute atomic E-state index is 10.9. The molecule has 2 heteroatoms. The summed E-state index contributed by atoms with van der Waals surface area (Å²) in [5, 5.41) is 0. The summed E-state index contributed by atoms with van der Waals surface area (Å²) in [6.45, 7) is 7.88. The van der Waals surface area contributed by atoms with E-state index in [4.69, 9.17) is 0 Å². The summed E-state index contributed by atoms with van der Waals surface area (Å²) in [4.78, 5) is 10.9. The fraction of sp³-hybridized carbons (Fsp3) is 0.667. The van der Waals surface area contributed by atoms with Gasteiger partial charge in [-0.05, 0) is 12.3 Å². The van der Waals surface area contributed by atoms with Gasteiger partial charge in [-0.2, -0.15) is 0 Å². The first kappa shape index (κ1) is 10.2. The standard InChI is InChI=1S/C9H16O2/c1-7(8(10)11-5)6-9(2,3)4/h6H,1-5H3. The zero-order valence-corrected chi connectivity index (χ0v) is 7.89. The number of carbonyl (C=O) groups is 1. The van der Waals surface area contributed by atoms with Crippen LogP contribution in [-0.4, -0.2) is 13.1 Å². The Morgan fingerprint density at radius 1 is 1.36 bits per heavy atom. The largest absolute Gasteiger partial charge is 0.466 e. The van der Waals surface area contributed by atoms with Gasteiger partial charge in [-0.15, -0.1) is 0 Å². The number of ether oxygens (including phenoxy) is 1. The van der Waals surface area contributed by atoms with Crippen molar-refractivity contribution < 1.29 is 9.53 Å². The lowest BCUT2D eigenvalue weighted by Crippen LogP contribution is -2.07. The third-order valence-electron chi connectivity index (χ3n) is 1.16. The van der Waals surface area contributed by atoms with E-state index in [0.717, 1.165) is 0 Å². The normalized spacial score (nSPS) is 13.0. The third-order valence-corrected chi connectivity index (χ3v) is 1.16. The predicted molar refractivity (Wildman–Crippen MR) is 45.2 cm³/mol. The van der Waals surface area contributed by atoms with Gasteiger partial charge in [0.25, 0.3) is 0 Å². The van der Waals surface area contributed by atoms with Crippen LogP contribution >= 0.6 is 0 Å². The van der Waals surface area contributed by atoms with Gasteiger partial charge in [-0.3, -0.25) is 0 Å². The zero-order chi connectivity index (χ0) is 9.07. The van der Waals surface area contributed by atoms with Gasteiger partial charge in [-0.25, -0.2) is 4.79 Å². The van der Waals surface area contributed by atoms with Gasteiger partial charge in [0.05, 0.1) is 7.11 Å². The molecule has 0 aliphatic heterocycles. The van der Waals surface area contributed by atoms with Crippen LogP contribution in [0.4, 0.5) is 0 Å². The van der Waals surface area contributed by atoms with Crippen LogP contribution in [0.15, 0.2) is 11.6 Å². The van der Waals surface area contributed by atoms with Crippen molar-refractivity contribution in [2.45, 2.75) is 27.7 Å². The van der Waals surface area contributed by atoms with Crippen molar-refractivity contribution in [1.82, 2.24) is 0 Å². The molecule has 0 aromatic heterocycles. The number of methoxy groups -OCH3 is 1. The van der Waals surface area contributed by atoms with Gasteiger partial charge < -0.3 is 4.74 Å². The van der Waals surface area contributed by atoms with Crippen molar-refractivity contribution in [3.05, 3.63) is 11.6 Å². The summed E-state index contributed by atoms with van der Waals surface area (Å²) < 4.78 is 4.55. The highest BCUT2D eigenvalue weighted by Crippen LogP contribution is 2.17. The molecule has 0 N–H and O–H groups in total. The maximum atomic E-state index is 10.9. The van der Waals surface area contributed by atoms with Crippen LogP contribution in [0.25, 0.3) is 0 Å². The molecule has 64 valence electrons. The highest BCUT2D eigenvalue weighted by molar-refractivity contribution is 5.87. The van der Waals surface area contributed by atoms with Crippen molar-refractivity contribution in [2.75, 3.05) is 7.11 Å². The van der Waals surface area contributed by atoms with Gasteiger partial charge in [0, 0.05) is 5.57 Å². The van der Waals surface area contributed by atoms with Crippen LogP contribution in [0, 0.1) is 5.41 Å². The number of allylic oxidation sites excluding steroid dienone is 1. The van der Waals surface area contributed by atoms with Crippen LogP contribution in [0.5, 0.6) is 0 Å². The van der Waals surface area contributed by atoms with Crippen molar-refractivity contribution >= 4 is 5.97 Å². The number of esters is 1. The van der Waals surface area contributed by atoms with Gasteiger partial charge in [-0.1, -0.05) is 26.8 Å². The Morgan fingerprint density at radius 2 is 1.82 bits per heavy atom. The number of rotatable bonds is 1. The molecular formula is C9H16O2. The Kier molecular flexibility index (Phi) is 3.30. The van der Waals surface area contributed by atoms with E-state index in [2.05, 4.69) is 4.74 Å². The van der Waals surface area contributed by atoms with Gasteiger partial charge in [0.2, 0.25) is 0 Å². The summed E-state index contributed by atoms with van der Waals surface area (Å²) in [7, 11) is 1.39. The van der Waals surface area contributed by atoms with E-state index < -0.39 is 0 Å². The average Bonchev–Trinajstić information content (AvgIpc) is 1.82. The van der Waals surface area contributed by atoms with Crippen molar-refractivity contribution in [3.63, 3.8) is 0 Å². The van der Waals surface area contributed by atoms with Crippen LogP contribution in [0.3, 0.4) is 0 Å². The van der Waals surface area contributed by atoms with E-state index in [1.54, 1.807) is 6.92 Å². The van der Waals surface area contributed by atoms with Gasteiger partial charge >= 0.3 is 5.97 Å². The minimum Gasteiger partial charge on any atom is -0.466 e. The van der Waals surface area contributed by atoms with Crippen LogP contribution in [0.2, 0.25) is 0 Å². The van der Waals surface area contributed by atoms with E-state index in [9.17, 15) is 4.79 Å². The Morgan fingerprint density at radius 3 is 2.09 bits per heavy atom. The van der Waals surface area contributed by atoms with E-state index >= 15 is 0 Å². The molecular weight excluding hydrogens is 140 g/mol. The quantitative estimate of drug-likeness (QED) is 0.429. The Balaban J connectivity index is 4.34. The molecule has 0 bridgehead atoms. The fourth-order valence-corrected chi connectivity index (χ4v) is 0.869. The van der Waals surface area contributed by atoms with E-state index in [0.29, 0.717) is 5.57 Å². The fourth-order valence-electron chi connectivity index (χ4n) is 0.869. The molecule has 0 aromatic rings. The molecule has 0 radical (unpaired) electrons. The smallest absolute Gasteiger partial charge is 0.333 e. The molecule has 0 aromatic carbocycles. The van der Waals surface area contributed by atoms with E-state index in [1.807, 2.05) is 26.8 Å². The molecule has 0 heterocycles. The monoisotopic (exact) mass is 156 g/mol. The molecule has 0 aliphatic rings. The summed E-state index contributed by atoms with van der Waals surface area (Å²) in [6.07, 6.45) is 1.90. The van der Waals surface area contributed by atoms with E-state index in [1.165, 1.54) is 7.11 Å². The van der Waals surface area contributed by atoms with Crippen molar-refractivity contribution in [2.24, 2.45) is 5.41 Å². The molecule has 0 unspecified atom stereocenters. The molecule has 0 aliphatic carbocycles. The van der Waals surface area contributed by atoms with Gasteiger partial charge in [0.1, 0.15) is 0 Å². The lowest BCUT2D eigenvalue weighted by molar-refractivity contribution is -0.136. The van der Waals surface area contributed by atoms with Crippen LogP contribution in [0.1, 0.15) is 27.7 Å². The topological polar surface area (TPSA) is 26.3 Å². The molecule has 0 saturated heterocycles. The summed E-state index contributed by atoms with van der Waals surface area (Å²) in [5.74, 6) is -0.250. The highest BCUT2D eigenvalue weighted by Gasteiger charge is 2.10. The second-order valence-electron chi connectivity index (χ2n) is 3.68. The molecule has 0 atom stereocenters. The lowest BCUT2D eigenvalue weighted by atomic mass is 9.94. The highest BCUT2D eigenvalue weighted by atomic mass is 16.5. The van der Waals surface area contributed by atoms with Crippen molar-refractivity contribution in [3.8, 4) is 0 Å².